The third-order valence-electron chi connectivity index (χ3n) is 4.43. The number of rotatable bonds is 8. The van der Waals surface area contributed by atoms with Crippen LogP contribution in [0.4, 0.5) is 0 Å². The van der Waals surface area contributed by atoms with Crippen molar-refractivity contribution in [2.45, 2.75) is 39.3 Å². The Morgan fingerprint density at radius 1 is 1.36 bits per heavy atom. The maximum absolute atomic E-state index is 5.22. The molecule has 0 aromatic heterocycles. The lowest BCUT2D eigenvalue weighted by atomic mass is 10.1. The van der Waals surface area contributed by atoms with E-state index < -0.39 is 0 Å². The van der Waals surface area contributed by atoms with Gasteiger partial charge in [0.1, 0.15) is 0 Å². The summed E-state index contributed by atoms with van der Waals surface area (Å²) < 4.78 is 5.22. The zero-order chi connectivity index (χ0) is 17.2. The standard InChI is InChI=1S/C19H32N4O.HI/c1-4-20-19(21-14-17-8-5-7-16(2)13-17)22-15-18-9-6-10-23(18)11-12-24-3;/h5,7-8,13,18H,4,6,9-12,14-15H2,1-3H3,(H2,20,21,22);1H. The molecule has 6 heteroatoms. The van der Waals surface area contributed by atoms with E-state index in [1.807, 2.05) is 0 Å². The zero-order valence-corrected chi connectivity index (χ0v) is 18.1. The maximum atomic E-state index is 5.22. The van der Waals surface area contributed by atoms with Gasteiger partial charge in [-0.1, -0.05) is 29.8 Å². The van der Waals surface area contributed by atoms with Gasteiger partial charge in [0.05, 0.1) is 13.2 Å². The smallest absolute Gasteiger partial charge is 0.191 e. The number of nitrogens with one attached hydrogen (secondary N) is 2. The monoisotopic (exact) mass is 460 g/mol. The average Bonchev–Trinajstić information content (AvgIpc) is 3.03. The molecule has 142 valence electrons. The number of aryl methyl sites for hydroxylation is 1. The van der Waals surface area contributed by atoms with Crippen molar-refractivity contribution in [2.75, 3.05) is 39.9 Å². The molecular formula is C19H33IN4O. The van der Waals surface area contributed by atoms with Gasteiger partial charge in [-0.2, -0.15) is 0 Å². The molecule has 0 radical (unpaired) electrons. The van der Waals surface area contributed by atoms with Crippen LogP contribution in [0.5, 0.6) is 0 Å². The highest BCUT2D eigenvalue weighted by Crippen LogP contribution is 2.15. The fourth-order valence-electron chi connectivity index (χ4n) is 3.17. The second-order valence-electron chi connectivity index (χ2n) is 6.39. The van der Waals surface area contributed by atoms with E-state index >= 15 is 0 Å². The van der Waals surface area contributed by atoms with Gasteiger partial charge in [0.25, 0.3) is 0 Å². The van der Waals surface area contributed by atoms with E-state index in [2.05, 4.69) is 53.6 Å². The first-order valence-electron chi connectivity index (χ1n) is 9.03. The Labute approximate surface area is 169 Å². The van der Waals surface area contributed by atoms with Crippen LogP contribution in [-0.4, -0.2) is 56.8 Å². The minimum atomic E-state index is 0. The number of nitrogens with zero attached hydrogens (tertiary/aromatic N) is 2. The summed E-state index contributed by atoms with van der Waals surface area (Å²) in [5.41, 5.74) is 2.52. The molecular weight excluding hydrogens is 427 g/mol. The molecule has 0 amide bonds. The largest absolute Gasteiger partial charge is 0.383 e. The molecule has 2 rings (SSSR count). The number of likely N-dealkylation sites (tertiary alicyclic amines) is 1. The predicted molar refractivity (Wildman–Crippen MR) is 116 cm³/mol. The normalized spacial score (nSPS) is 18.0. The lowest BCUT2D eigenvalue weighted by Crippen LogP contribution is -2.45. The van der Waals surface area contributed by atoms with Crippen molar-refractivity contribution in [3.8, 4) is 0 Å². The Morgan fingerprint density at radius 3 is 2.92 bits per heavy atom. The van der Waals surface area contributed by atoms with Crippen LogP contribution in [0.2, 0.25) is 0 Å². The van der Waals surface area contributed by atoms with E-state index in [0.717, 1.165) is 32.2 Å². The van der Waals surface area contributed by atoms with Crippen molar-refractivity contribution in [3.63, 3.8) is 0 Å². The van der Waals surface area contributed by atoms with Crippen molar-refractivity contribution in [1.82, 2.24) is 15.5 Å². The van der Waals surface area contributed by atoms with Crippen molar-refractivity contribution in [1.29, 1.82) is 0 Å². The summed E-state index contributed by atoms with van der Waals surface area (Å²) in [6.07, 6.45) is 2.51. The van der Waals surface area contributed by atoms with Crippen LogP contribution in [-0.2, 0) is 11.3 Å². The lowest BCUT2D eigenvalue weighted by molar-refractivity contribution is 0.141. The highest BCUT2D eigenvalue weighted by molar-refractivity contribution is 14.0. The van der Waals surface area contributed by atoms with Crippen LogP contribution < -0.4 is 10.6 Å². The van der Waals surface area contributed by atoms with Gasteiger partial charge in [-0.05, 0) is 38.8 Å². The highest BCUT2D eigenvalue weighted by atomic mass is 127. The SMILES string of the molecule is CCNC(=NCc1cccc(C)c1)NCC1CCCN1CCOC.I. The van der Waals surface area contributed by atoms with Crippen molar-refractivity contribution >= 4 is 29.9 Å². The third kappa shape index (κ3) is 7.92. The highest BCUT2D eigenvalue weighted by Gasteiger charge is 2.23. The molecule has 1 aliphatic heterocycles. The van der Waals surface area contributed by atoms with Gasteiger partial charge >= 0.3 is 0 Å². The van der Waals surface area contributed by atoms with Crippen LogP contribution in [0.25, 0.3) is 0 Å². The Morgan fingerprint density at radius 2 is 2.20 bits per heavy atom. The van der Waals surface area contributed by atoms with Gasteiger partial charge in [0.2, 0.25) is 0 Å². The van der Waals surface area contributed by atoms with Gasteiger partial charge in [-0.3, -0.25) is 4.90 Å². The summed E-state index contributed by atoms with van der Waals surface area (Å²) in [6.45, 7) is 9.72. The molecule has 1 aromatic carbocycles. The zero-order valence-electron chi connectivity index (χ0n) is 15.8. The summed E-state index contributed by atoms with van der Waals surface area (Å²) in [5, 5.41) is 6.86. The molecule has 1 aromatic rings. The van der Waals surface area contributed by atoms with Crippen LogP contribution in [0, 0.1) is 6.92 Å². The van der Waals surface area contributed by atoms with E-state index in [-0.39, 0.29) is 24.0 Å². The van der Waals surface area contributed by atoms with Gasteiger partial charge < -0.3 is 15.4 Å². The Balaban J connectivity index is 0.00000312. The minimum Gasteiger partial charge on any atom is -0.383 e. The second kappa shape index (κ2) is 12.5. The Hall–Kier alpha value is -0.860. The number of methoxy groups -OCH3 is 1. The van der Waals surface area contributed by atoms with Crippen molar-refractivity contribution < 1.29 is 4.74 Å². The van der Waals surface area contributed by atoms with E-state index in [9.17, 15) is 0 Å². The Kier molecular flexibility index (Phi) is 11.1. The van der Waals surface area contributed by atoms with E-state index in [4.69, 9.17) is 9.73 Å². The molecule has 5 nitrogen and oxygen atoms in total. The molecule has 1 atom stereocenters. The average molecular weight is 460 g/mol. The van der Waals surface area contributed by atoms with Crippen molar-refractivity contribution in [2.24, 2.45) is 4.99 Å². The third-order valence-corrected chi connectivity index (χ3v) is 4.43. The van der Waals surface area contributed by atoms with Crippen molar-refractivity contribution in [3.05, 3.63) is 35.4 Å². The molecule has 1 heterocycles. The summed E-state index contributed by atoms with van der Waals surface area (Å²) in [4.78, 5) is 7.24. The number of ether oxygens (including phenoxy) is 1. The first-order valence-corrected chi connectivity index (χ1v) is 9.03. The molecule has 2 N–H and O–H groups in total. The fraction of sp³-hybridized carbons (Fsp3) is 0.632. The molecule has 0 spiro atoms. The quantitative estimate of drug-likeness (QED) is 0.356. The molecule has 1 fully saturated rings. The van der Waals surface area contributed by atoms with E-state index in [1.54, 1.807) is 7.11 Å². The summed E-state index contributed by atoms with van der Waals surface area (Å²) in [6, 6.07) is 9.10. The number of hydrogen-bond donors (Lipinski definition) is 2. The van der Waals surface area contributed by atoms with Crippen LogP contribution in [0.3, 0.4) is 0 Å². The number of guanidine groups is 1. The number of aliphatic imine (C=N–C) groups is 1. The van der Waals surface area contributed by atoms with Gasteiger partial charge in [0.15, 0.2) is 5.96 Å². The second-order valence-corrected chi connectivity index (χ2v) is 6.39. The number of hydrogen-bond acceptors (Lipinski definition) is 3. The molecule has 0 saturated carbocycles. The molecule has 1 saturated heterocycles. The van der Waals surface area contributed by atoms with Crippen LogP contribution in [0.15, 0.2) is 29.3 Å². The van der Waals surface area contributed by atoms with E-state index in [0.29, 0.717) is 12.6 Å². The first kappa shape index (κ1) is 22.2. The van der Waals surface area contributed by atoms with Crippen LogP contribution in [0.1, 0.15) is 30.9 Å². The molecule has 1 aliphatic rings. The number of benzene rings is 1. The maximum Gasteiger partial charge on any atom is 0.191 e. The molecule has 0 aliphatic carbocycles. The minimum absolute atomic E-state index is 0. The van der Waals surface area contributed by atoms with Gasteiger partial charge in [0, 0.05) is 32.8 Å². The lowest BCUT2D eigenvalue weighted by Gasteiger charge is -2.25. The van der Waals surface area contributed by atoms with Gasteiger partial charge in [-0.25, -0.2) is 4.99 Å². The molecule has 25 heavy (non-hydrogen) atoms. The summed E-state index contributed by atoms with van der Waals surface area (Å²) >= 11 is 0. The molecule has 1 unspecified atom stereocenters. The predicted octanol–water partition coefficient (Wildman–Crippen LogP) is 2.78. The van der Waals surface area contributed by atoms with E-state index in [1.165, 1.54) is 30.5 Å². The fourth-order valence-corrected chi connectivity index (χ4v) is 3.17. The molecule has 0 bridgehead atoms. The first-order chi connectivity index (χ1) is 11.7. The Bertz CT molecular complexity index is 524. The van der Waals surface area contributed by atoms with Crippen LogP contribution >= 0.6 is 24.0 Å². The number of halogens is 1. The van der Waals surface area contributed by atoms with Gasteiger partial charge in [-0.15, -0.1) is 24.0 Å². The summed E-state index contributed by atoms with van der Waals surface area (Å²) in [5.74, 6) is 0.901. The summed E-state index contributed by atoms with van der Waals surface area (Å²) in [7, 11) is 1.77. The topological polar surface area (TPSA) is 48.9 Å².